The molecule has 0 radical (unpaired) electrons. The van der Waals surface area contributed by atoms with Crippen molar-refractivity contribution in [3.8, 4) is 0 Å². The monoisotopic (exact) mass is 335 g/mol. The van der Waals surface area contributed by atoms with E-state index in [0.717, 1.165) is 19.3 Å². The van der Waals surface area contributed by atoms with Crippen LogP contribution in [0.5, 0.6) is 0 Å². The lowest BCUT2D eigenvalue weighted by atomic mass is 9.98. The summed E-state index contributed by atoms with van der Waals surface area (Å²) in [6.07, 6.45) is 3.45. The van der Waals surface area contributed by atoms with E-state index in [-0.39, 0.29) is 28.6 Å². The highest BCUT2D eigenvalue weighted by Gasteiger charge is 2.21. The zero-order valence-electron chi connectivity index (χ0n) is 14.7. The van der Waals surface area contributed by atoms with Gasteiger partial charge in [-0.25, -0.2) is 9.59 Å². The van der Waals surface area contributed by atoms with Crippen molar-refractivity contribution < 1.29 is 23.9 Å². The van der Waals surface area contributed by atoms with Crippen LogP contribution in [0.25, 0.3) is 0 Å². The molecule has 1 aromatic rings. The minimum absolute atomic E-state index is 0.141. The van der Waals surface area contributed by atoms with Gasteiger partial charge in [0.2, 0.25) is 5.91 Å². The molecule has 0 fully saturated rings. The maximum absolute atomic E-state index is 12.5. The number of esters is 2. The molecule has 0 saturated carbocycles. The first kappa shape index (κ1) is 19.7. The Labute approximate surface area is 142 Å². The van der Waals surface area contributed by atoms with Crippen LogP contribution < -0.4 is 5.32 Å². The second kappa shape index (κ2) is 9.70. The molecule has 0 saturated heterocycles. The van der Waals surface area contributed by atoms with E-state index >= 15 is 0 Å². The second-order valence-electron chi connectivity index (χ2n) is 5.48. The molecule has 1 N–H and O–H groups in total. The van der Waals surface area contributed by atoms with Crippen LogP contribution in [-0.2, 0) is 14.3 Å². The Kier molecular flexibility index (Phi) is 7.95. The number of ether oxygens (including phenoxy) is 2. The molecule has 6 heteroatoms. The van der Waals surface area contributed by atoms with E-state index < -0.39 is 11.9 Å². The van der Waals surface area contributed by atoms with E-state index in [1.165, 1.54) is 32.4 Å². The molecular formula is C18H25NO5. The lowest BCUT2D eigenvalue weighted by molar-refractivity contribution is -0.120. The van der Waals surface area contributed by atoms with E-state index in [2.05, 4.69) is 17.0 Å². The molecule has 1 rings (SSSR count). The van der Waals surface area contributed by atoms with Crippen LogP contribution in [-0.4, -0.2) is 32.1 Å². The van der Waals surface area contributed by atoms with Gasteiger partial charge in [0, 0.05) is 5.92 Å². The molecule has 132 valence electrons. The van der Waals surface area contributed by atoms with Gasteiger partial charge < -0.3 is 14.8 Å². The smallest absolute Gasteiger partial charge is 0.339 e. The van der Waals surface area contributed by atoms with Gasteiger partial charge in [-0.2, -0.15) is 0 Å². The largest absolute Gasteiger partial charge is 0.465 e. The van der Waals surface area contributed by atoms with Crippen LogP contribution in [0, 0.1) is 5.92 Å². The molecule has 1 atom stereocenters. The third-order valence-corrected chi connectivity index (χ3v) is 3.87. The van der Waals surface area contributed by atoms with Crippen LogP contribution in [0.2, 0.25) is 0 Å². The van der Waals surface area contributed by atoms with Crippen LogP contribution in [0.15, 0.2) is 18.2 Å². The highest BCUT2D eigenvalue weighted by molar-refractivity contribution is 6.03. The van der Waals surface area contributed by atoms with Gasteiger partial charge in [-0.1, -0.05) is 26.7 Å². The van der Waals surface area contributed by atoms with Crippen molar-refractivity contribution in [3.05, 3.63) is 29.3 Å². The van der Waals surface area contributed by atoms with Crippen molar-refractivity contribution in [2.75, 3.05) is 19.5 Å². The Hall–Kier alpha value is -2.37. The maximum atomic E-state index is 12.5. The zero-order chi connectivity index (χ0) is 18.1. The van der Waals surface area contributed by atoms with Crippen molar-refractivity contribution in [1.29, 1.82) is 0 Å². The number of unbranched alkanes of at least 4 members (excludes halogenated alkanes) is 1. The lowest BCUT2D eigenvalue weighted by Gasteiger charge is -2.16. The van der Waals surface area contributed by atoms with E-state index in [9.17, 15) is 14.4 Å². The van der Waals surface area contributed by atoms with Gasteiger partial charge in [-0.3, -0.25) is 4.79 Å². The molecule has 6 nitrogen and oxygen atoms in total. The first-order valence-corrected chi connectivity index (χ1v) is 8.09. The molecule has 0 heterocycles. The van der Waals surface area contributed by atoms with E-state index in [4.69, 9.17) is 4.74 Å². The molecule has 0 aliphatic rings. The van der Waals surface area contributed by atoms with Gasteiger partial charge >= 0.3 is 11.9 Å². The summed E-state index contributed by atoms with van der Waals surface area (Å²) in [6, 6.07) is 4.34. The third-order valence-electron chi connectivity index (χ3n) is 3.87. The molecule has 1 aromatic carbocycles. The third kappa shape index (κ3) is 5.08. The number of amides is 1. The average molecular weight is 335 g/mol. The fraction of sp³-hybridized carbons (Fsp3) is 0.500. The molecular weight excluding hydrogens is 310 g/mol. The standard InChI is InChI=1S/C18H25NO5/c1-5-7-8-12(6-2)16(20)19-15-11-13(17(21)23-3)9-10-14(15)18(22)24-4/h9-12H,5-8H2,1-4H3,(H,19,20). The predicted octanol–water partition coefficient (Wildman–Crippen LogP) is 3.41. The van der Waals surface area contributed by atoms with Gasteiger partial charge in [0.1, 0.15) is 0 Å². The zero-order valence-corrected chi connectivity index (χ0v) is 14.7. The average Bonchev–Trinajstić information content (AvgIpc) is 2.60. The quantitative estimate of drug-likeness (QED) is 0.736. The van der Waals surface area contributed by atoms with Crippen LogP contribution in [0.1, 0.15) is 60.2 Å². The minimum Gasteiger partial charge on any atom is -0.465 e. The molecule has 1 unspecified atom stereocenters. The lowest BCUT2D eigenvalue weighted by Crippen LogP contribution is -2.24. The normalized spacial score (nSPS) is 11.5. The minimum atomic E-state index is -0.580. The summed E-state index contributed by atoms with van der Waals surface area (Å²) in [5.74, 6) is -1.43. The number of methoxy groups -OCH3 is 2. The first-order valence-electron chi connectivity index (χ1n) is 8.09. The number of benzene rings is 1. The van der Waals surface area contributed by atoms with E-state index in [1.807, 2.05) is 6.92 Å². The fourth-order valence-corrected chi connectivity index (χ4v) is 2.39. The predicted molar refractivity (Wildman–Crippen MR) is 91.1 cm³/mol. The number of nitrogens with one attached hydrogen (secondary N) is 1. The van der Waals surface area contributed by atoms with Crippen LogP contribution >= 0.6 is 0 Å². The number of hydrogen-bond acceptors (Lipinski definition) is 5. The molecule has 0 aliphatic carbocycles. The Morgan fingerprint density at radius 1 is 1.08 bits per heavy atom. The second-order valence-corrected chi connectivity index (χ2v) is 5.48. The Bertz CT molecular complexity index is 597. The van der Waals surface area contributed by atoms with E-state index in [0.29, 0.717) is 6.42 Å². The van der Waals surface area contributed by atoms with Crippen LogP contribution in [0.4, 0.5) is 5.69 Å². The number of carbonyl (C=O) groups excluding carboxylic acids is 3. The topological polar surface area (TPSA) is 81.7 Å². The summed E-state index contributed by atoms with van der Waals surface area (Å²) in [6.45, 7) is 4.02. The van der Waals surface area contributed by atoms with Crippen molar-refractivity contribution in [3.63, 3.8) is 0 Å². The molecule has 0 aromatic heterocycles. The SMILES string of the molecule is CCCCC(CC)C(=O)Nc1cc(C(=O)OC)ccc1C(=O)OC. The van der Waals surface area contributed by atoms with Gasteiger partial charge in [-0.15, -0.1) is 0 Å². The molecule has 0 spiro atoms. The van der Waals surface area contributed by atoms with Crippen molar-refractivity contribution in [1.82, 2.24) is 0 Å². The fourth-order valence-electron chi connectivity index (χ4n) is 2.39. The summed E-state index contributed by atoms with van der Waals surface area (Å²) < 4.78 is 9.41. The Balaban J connectivity index is 3.11. The highest BCUT2D eigenvalue weighted by atomic mass is 16.5. The summed E-state index contributed by atoms with van der Waals surface area (Å²) >= 11 is 0. The van der Waals surface area contributed by atoms with Gasteiger partial charge in [0.05, 0.1) is 31.0 Å². The van der Waals surface area contributed by atoms with Crippen LogP contribution in [0.3, 0.4) is 0 Å². The van der Waals surface area contributed by atoms with Gasteiger partial charge in [-0.05, 0) is 31.0 Å². The summed E-state index contributed by atoms with van der Waals surface area (Å²) in [7, 11) is 2.53. The van der Waals surface area contributed by atoms with Crippen molar-refractivity contribution >= 4 is 23.5 Å². The Morgan fingerprint density at radius 3 is 2.29 bits per heavy atom. The number of hydrogen-bond donors (Lipinski definition) is 1. The summed E-state index contributed by atoms with van der Waals surface area (Å²) in [4.78, 5) is 36.1. The number of rotatable bonds is 8. The maximum Gasteiger partial charge on any atom is 0.339 e. The van der Waals surface area contributed by atoms with Gasteiger partial charge in [0.15, 0.2) is 0 Å². The highest BCUT2D eigenvalue weighted by Crippen LogP contribution is 2.22. The van der Waals surface area contributed by atoms with E-state index in [1.54, 1.807) is 0 Å². The number of anilines is 1. The molecule has 0 aliphatic heterocycles. The van der Waals surface area contributed by atoms with Crippen molar-refractivity contribution in [2.24, 2.45) is 5.92 Å². The summed E-state index contributed by atoms with van der Waals surface area (Å²) in [5.41, 5.74) is 0.704. The first-order chi connectivity index (χ1) is 11.5. The molecule has 1 amide bonds. The van der Waals surface area contributed by atoms with Crippen molar-refractivity contribution in [2.45, 2.75) is 39.5 Å². The van der Waals surface area contributed by atoms with Gasteiger partial charge in [0.25, 0.3) is 0 Å². The number of carbonyl (C=O) groups is 3. The molecule has 24 heavy (non-hydrogen) atoms. The molecule has 0 bridgehead atoms. The summed E-state index contributed by atoms with van der Waals surface area (Å²) in [5, 5.41) is 2.76. The Morgan fingerprint density at radius 2 is 1.75 bits per heavy atom.